The number of hydrogen-bond acceptors (Lipinski definition) is 5. The van der Waals surface area contributed by atoms with E-state index in [0.717, 1.165) is 12.8 Å². The van der Waals surface area contributed by atoms with Crippen LogP contribution in [0.3, 0.4) is 0 Å². The molecule has 1 fully saturated rings. The number of halogens is 1. The molecule has 1 N–H and O–H groups in total. The number of aromatic nitrogens is 2. The number of anilines is 1. The SMILES string of the molecule is N#Cc1nccnc1OC1CCCN(C(=O)Nc2cccc(Cl)c2)C1. The van der Waals surface area contributed by atoms with Crippen molar-refractivity contribution >= 4 is 23.3 Å². The third kappa shape index (κ3) is 4.37. The molecule has 2 aromatic rings. The van der Waals surface area contributed by atoms with Gasteiger partial charge in [0.25, 0.3) is 5.88 Å². The number of nitrogens with one attached hydrogen (secondary N) is 1. The van der Waals surface area contributed by atoms with E-state index in [9.17, 15) is 4.79 Å². The van der Waals surface area contributed by atoms with Crippen LogP contribution in [0, 0.1) is 11.3 Å². The summed E-state index contributed by atoms with van der Waals surface area (Å²) in [6.07, 6.45) is 4.26. The van der Waals surface area contributed by atoms with E-state index in [0.29, 0.717) is 23.8 Å². The first kappa shape index (κ1) is 17.0. The molecule has 0 saturated carbocycles. The van der Waals surface area contributed by atoms with Gasteiger partial charge in [0.15, 0.2) is 0 Å². The van der Waals surface area contributed by atoms with Crippen LogP contribution >= 0.6 is 11.6 Å². The zero-order valence-corrected chi connectivity index (χ0v) is 14.1. The van der Waals surface area contributed by atoms with Gasteiger partial charge in [-0.25, -0.2) is 14.8 Å². The number of amides is 2. The molecule has 1 aliphatic rings. The molecule has 1 saturated heterocycles. The molecule has 0 aliphatic carbocycles. The molecule has 1 aliphatic heterocycles. The summed E-state index contributed by atoms with van der Waals surface area (Å²) in [5, 5.41) is 12.4. The number of urea groups is 1. The summed E-state index contributed by atoms with van der Waals surface area (Å²) in [7, 11) is 0. The van der Waals surface area contributed by atoms with E-state index < -0.39 is 0 Å². The molecule has 25 heavy (non-hydrogen) atoms. The highest BCUT2D eigenvalue weighted by Crippen LogP contribution is 2.20. The zero-order chi connectivity index (χ0) is 17.6. The lowest BCUT2D eigenvalue weighted by atomic mass is 10.1. The van der Waals surface area contributed by atoms with Gasteiger partial charge in [-0.1, -0.05) is 17.7 Å². The molecule has 7 nitrogen and oxygen atoms in total. The second kappa shape index (κ2) is 7.81. The first-order valence-corrected chi connectivity index (χ1v) is 8.23. The van der Waals surface area contributed by atoms with Crippen LogP contribution in [0.5, 0.6) is 5.88 Å². The van der Waals surface area contributed by atoms with Crippen LogP contribution in [0.15, 0.2) is 36.7 Å². The van der Waals surface area contributed by atoms with Gasteiger partial charge in [0.2, 0.25) is 5.69 Å². The highest BCUT2D eigenvalue weighted by molar-refractivity contribution is 6.30. The third-order valence-electron chi connectivity index (χ3n) is 3.79. The fourth-order valence-corrected chi connectivity index (χ4v) is 2.82. The minimum Gasteiger partial charge on any atom is -0.470 e. The monoisotopic (exact) mass is 357 g/mol. The number of nitrogens with zero attached hydrogens (tertiary/aromatic N) is 4. The van der Waals surface area contributed by atoms with E-state index in [1.807, 2.05) is 6.07 Å². The molecule has 3 rings (SSSR count). The lowest BCUT2D eigenvalue weighted by Gasteiger charge is -2.32. The summed E-state index contributed by atoms with van der Waals surface area (Å²) >= 11 is 5.93. The molecule has 1 aromatic heterocycles. The second-order valence-corrected chi connectivity index (χ2v) is 6.03. The fraction of sp³-hybridized carbons (Fsp3) is 0.294. The van der Waals surface area contributed by atoms with Crippen molar-refractivity contribution in [2.45, 2.75) is 18.9 Å². The van der Waals surface area contributed by atoms with Crippen LogP contribution in [0.25, 0.3) is 0 Å². The van der Waals surface area contributed by atoms with Crippen LogP contribution in [0.4, 0.5) is 10.5 Å². The number of carbonyl (C=O) groups is 1. The van der Waals surface area contributed by atoms with E-state index in [-0.39, 0.29) is 23.7 Å². The molecule has 0 radical (unpaired) electrons. The van der Waals surface area contributed by atoms with E-state index >= 15 is 0 Å². The first-order valence-electron chi connectivity index (χ1n) is 7.85. The largest absolute Gasteiger partial charge is 0.470 e. The van der Waals surface area contributed by atoms with E-state index in [1.165, 1.54) is 12.4 Å². The average molecular weight is 358 g/mol. The Morgan fingerprint density at radius 3 is 3.04 bits per heavy atom. The Morgan fingerprint density at radius 2 is 2.24 bits per heavy atom. The molecule has 0 bridgehead atoms. The predicted octanol–water partition coefficient (Wildman–Crippen LogP) is 3.08. The Hall–Kier alpha value is -2.85. The van der Waals surface area contributed by atoms with Crippen LogP contribution in [0.1, 0.15) is 18.5 Å². The van der Waals surface area contributed by atoms with Gasteiger partial charge < -0.3 is 15.0 Å². The molecule has 1 aromatic carbocycles. The van der Waals surface area contributed by atoms with Crippen molar-refractivity contribution in [3.8, 4) is 11.9 Å². The Labute approximate surface area is 150 Å². The zero-order valence-electron chi connectivity index (χ0n) is 13.4. The predicted molar refractivity (Wildman–Crippen MR) is 92.4 cm³/mol. The summed E-state index contributed by atoms with van der Waals surface area (Å²) in [6, 6.07) is 8.73. The van der Waals surface area contributed by atoms with Crippen molar-refractivity contribution < 1.29 is 9.53 Å². The Balaban J connectivity index is 1.63. The highest BCUT2D eigenvalue weighted by Gasteiger charge is 2.26. The molecule has 1 unspecified atom stereocenters. The maximum absolute atomic E-state index is 12.4. The number of piperidine rings is 1. The van der Waals surface area contributed by atoms with Crippen LogP contribution in [-0.2, 0) is 0 Å². The quantitative estimate of drug-likeness (QED) is 0.911. The third-order valence-corrected chi connectivity index (χ3v) is 4.03. The normalized spacial score (nSPS) is 16.8. The summed E-state index contributed by atoms with van der Waals surface area (Å²) < 4.78 is 5.79. The maximum Gasteiger partial charge on any atom is 0.321 e. The maximum atomic E-state index is 12.4. The standard InChI is InChI=1S/C17H16ClN5O2/c18-12-3-1-4-13(9-12)22-17(24)23-8-2-5-14(11-23)25-16-15(10-19)20-6-7-21-16/h1,3-4,6-7,9,14H,2,5,8,11H2,(H,22,24). The van der Waals surface area contributed by atoms with Gasteiger partial charge >= 0.3 is 6.03 Å². The van der Waals surface area contributed by atoms with Gasteiger partial charge in [-0.3, -0.25) is 0 Å². The van der Waals surface area contributed by atoms with Gasteiger partial charge in [-0.15, -0.1) is 0 Å². The number of ether oxygens (including phenoxy) is 1. The number of carbonyl (C=O) groups excluding carboxylic acids is 1. The van der Waals surface area contributed by atoms with Crippen molar-refractivity contribution in [2.75, 3.05) is 18.4 Å². The van der Waals surface area contributed by atoms with Crippen molar-refractivity contribution in [3.63, 3.8) is 0 Å². The number of nitriles is 1. The van der Waals surface area contributed by atoms with Crippen molar-refractivity contribution in [2.24, 2.45) is 0 Å². The Morgan fingerprint density at radius 1 is 1.40 bits per heavy atom. The number of rotatable bonds is 3. The van der Waals surface area contributed by atoms with Gasteiger partial charge in [0.05, 0.1) is 6.54 Å². The van der Waals surface area contributed by atoms with Gasteiger partial charge in [0, 0.05) is 29.6 Å². The molecule has 0 spiro atoms. The molecule has 2 amide bonds. The first-order chi connectivity index (χ1) is 12.2. The summed E-state index contributed by atoms with van der Waals surface area (Å²) in [4.78, 5) is 22.1. The molecular formula is C17H16ClN5O2. The Bertz CT molecular complexity index is 808. The van der Waals surface area contributed by atoms with Crippen LogP contribution in [-0.4, -0.2) is 40.1 Å². The van der Waals surface area contributed by atoms with Crippen molar-refractivity contribution in [1.82, 2.24) is 14.9 Å². The Kier molecular flexibility index (Phi) is 5.31. The summed E-state index contributed by atoms with van der Waals surface area (Å²) in [6.45, 7) is 1.05. The van der Waals surface area contributed by atoms with Gasteiger partial charge in [0.1, 0.15) is 12.2 Å². The van der Waals surface area contributed by atoms with Crippen molar-refractivity contribution in [3.05, 3.63) is 47.4 Å². The van der Waals surface area contributed by atoms with E-state index in [1.54, 1.807) is 29.2 Å². The second-order valence-electron chi connectivity index (χ2n) is 5.59. The molecule has 1 atom stereocenters. The van der Waals surface area contributed by atoms with E-state index in [4.69, 9.17) is 21.6 Å². The number of benzene rings is 1. The molecule has 2 heterocycles. The molecule has 8 heteroatoms. The topological polar surface area (TPSA) is 91.1 Å². The molecular weight excluding hydrogens is 342 g/mol. The summed E-state index contributed by atoms with van der Waals surface area (Å²) in [5.41, 5.74) is 0.782. The lowest BCUT2D eigenvalue weighted by Crippen LogP contribution is -2.46. The van der Waals surface area contributed by atoms with Crippen molar-refractivity contribution in [1.29, 1.82) is 5.26 Å². The summed E-state index contributed by atoms with van der Waals surface area (Å²) in [5.74, 6) is 0.201. The smallest absolute Gasteiger partial charge is 0.321 e. The van der Waals surface area contributed by atoms with Gasteiger partial charge in [-0.2, -0.15) is 5.26 Å². The van der Waals surface area contributed by atoms with Crippen LogP contribution < -0.4 is 10.1 Å². The molecule has 128 valence electrons. The minimum atomic E-state index is -0.234. The average Bonchev–Trinajstić information content (AvgIpc) is 2.62. The number of hydrogen-bond donors (Lipinski definition) is 1. The fourth-order valence-electron chi connectivity index (χ4n) is 2.63. The van der Waals surface area contributed by atoms with Crippen LogP contribution in [0.2, 0.25) is 5.02 Å². The highest BCUT2D eigenvalue weighted by atomic mass is 35.5. The lowest BCUT2D eigenvalue weighted by molar-refractivity contribution is 0.102. The van der Waals surface area contributed by atoms with E-state index in [2.05, 4.69) is 15.3 Å². The minimum absolute atomic E-state index is 0.142. The van der Waals surface area contributed by atoms with Gasteiger partial charge in [-0.05, 0) is 31.0 Å². The number of likely N-dealkylation sites (tertiary alicyclic amines) is 1.